The number of ether oxygens (including phenoxy) is 2. The van der Waals surface area contributed by atoms with Crippen molar-refractivity contribution < 1.29 is 19.2 Å². The Balaban J connectivity index is 2.47. The fourth-order valence-corrected chi connectivity index (χ4v) is 2.04. The number of benzene rings is 2. The van der Waals surface area contributed by atoms with Crippen molar-refractivity contribution in [3.05, 3.63) is 62.7 Å². The van der Waals surface area contributed by atoms with E-state index in [1.165, 1.54) is 24.3 Å². The molecule has 0 bridgehead atoms. The van der Waals surface area contributed by atoms with Crippen molar-refractivity contribution in [2.45, 2.75) is 0 Å². The van der Waals surface area contributed by atoms with Gasteiger partial charge < -0.3 is 9.47 Å². The molecule has 0 saturated heterocycles. The minimum Gasteiger partial charge on any atom is -0.465 e. The molecule has 0 atom stereocenters. The molecule has 0 saturated carbocycles. The number of nitriles is 1. The Morgan fingerprint density at radius 3 is 2.70 bits per heavy atom. The average molecular weight is 333 g/mol. The number of rotatable bonds is 4. The number of halogens is 1. The Hall–Kier alpha value is -3.11. The van der Waals surface area contributed by atoms with Gasteiger partial charge in [-0.15, -0.1) is 0 Å². The van der Waals surface area contributed by atoms with Gasteiger partial charge in [0.2, 0.25) is 0 Å². The average Bonchev–Trinajstić information content (AvgIpc) is 2.54. The predicted octanol–water partition coefficient (Wildman–Crippen LogP) is 3.70. The van der Waals surface area contributed by atoms with E-state index in [-0.39, 0.29) is 27.6 Å². The third kappa shape index (κ3) is 3.39. The van der Waals surface area contributed by atoms with Crippen LogP contribution in [-0.2, 0) is 4.74 Å². The van der Waals surface area contributed by atoms with Crippen LogP contribution < -0.4 is 4.74 Å². The van der Waals surface area contributed by atoms with Crippen molar-refractivity contribution in [2.75, 3.05) is 7.11 Å². The lowest BCUT2D eigenvalue weighted by Crippen LogP contribution is -2.06. The first-order valence-corrected chi connectivity index (χ1v) is 6.59. The lowest BCUT2D eigenvalue weighted by atomic mass is 10.1. The summed E-state index contributed by atoms with van der Waals surface area (Å²) >= 11 is 5.90. The summed E-state index contributed by atoms with van der Waals surface area (Å²) in [5.74, 6) is -0.562. The zero-order chi connectivity index (χ0) is 17.0. The van der Waals surface area contributed by atoms with E-state index in [1.807, 2.05) is 6.07 Å². The van der Waals surface area contributed by atoms with Gasteiger partial charge in [0.05, 0.1) is 17.1 Å². The van der Waals surface area contributed by atoms with Crippen molar-refractivity contribution in [3.8, 4) is 17.6 Å². The highest BCUT2D eigenvalue weighted by Crippen LogP contribution is 2.32. The molecule has 0 aliphatic rings. The molecule has 2 aromatic carbocycles. The third-order valence-corrected chi connectivity index (χ3v) is 3.20. The van der Waals surface area contributed by atoms with Gasteiger partial charge in [-0.2, -0.15) is 5.26 Å². The Morgan fingerprint density at radius 2 is 2.09 bits per heavy atom. The molecule has 0 amide bonds. The van der Waals surface area contributed by atoms with Gasteiger partial charge in [0, 0.05) is 12.1 Å². The van der Waals surface area contributed by atoms with E-state index in [2.05, 4.69) is 4.74 Å². The Kier molecular flexibility index (Phi) is 4.79. The number of hydrogen-bond donors (Lipinski definition) is 0. The first kappa shape index (κ1) is 16.3. The van der Waals surface area contributed by atoms with Gasteiger partial charge in [-0.05, 0) is 18.2 Å². The molecule has 0 aliphatic carbocycles. The van der Waals surface area contributed by atoms with Crippen LogP contribution in [0.1, 0.15) is 15.9 Å². The topological polar surface area (TPSA) is 102 Å². The molecule has 2 rings (SSSR count). The zero-order valence-corrected chi connectivity index (χ0v) is 12.5. The molecule has 7 nitrogen and oxygen atoms in total. The van der Waals surface area contributed by atoms with Crippen molar-refractivity contribution in [2.24, 2.45) is 0 Å². The molecule has 23 heavy (non-hydrogen) atoms. The molecule has 0 aromatic heterocycles. The molecule has 0 unspecified atom stereocenters. The summed E-state index contributed by atoms with van der Waals surface area (Å²) in [5.41, 5.74) is -0.543. The summed E-state index contributed by atoms with van der Waals surface area (Å²) in [7, 11) is 1.12. The van der Waals surface area contributed by atoms with Crippen molar-refractivity contribution in [1.82, 2.24) is 0 Å². The second-order valence-corrected chi connectivity index (χ2v) is 4.66. The molecule has 0 radical (unpaired) electrons. The fraction of sp³-hybridized carbons (Fsp3) is 0.0667. The summed E-state index contributed by atoms with van der Waals surface area (Å²) in [4.78, 5) is 21.9. The summed E-state index contributed by atoms with van der Waals surface area (Å²) in [5, 5.41) is 20.3. The van der Waals surface area contributed by atoms with E-state index < -0.39 is 16.6 Å². The lowest BCUT2D eigenvalue weighted by molar-refractivity contribution is -0.385. The molecule has 0 aliphatic heterocycles. The zero-order valence-electron chi connectivity index (χ0n) is 11.8. The number of hydrogen-bond acceptors (Lipinski definition) is 6. The molecular formula is C15H9ClN2O5. The molecule has 0 fully saturated rings. The monoisotopic (exact) mass is 332 g/mol. The maximum atomic E-state index is 11.7. The minimum atomic E-state index is -0.867. The normalized spacial score (nSPS) is 9.78. The number of nitro benzene ring substituents is 1. The number of methoxy groups -OCH3 is 1. The van der Waals surface area contributed by atoms with E-state index in [4.69, 9.17) is 21.6 Å². The summed E-state index contributed by atoms with van der Waals surface area (Å²) in [6.45, 7) is 0. The first-order valence-electron chi connectivity index (χ1n) is 6.21. The highest BCUT2D eigenvalue weighted by molar-refractivity contribution is 6.31. The fourth-order valence-electron chi connectivity index (χ4n) is 1.84. The Bertz CT molecular complexity index is 829. The number of carbonyl (C=O) groups is 1. The Labute approximate surface area is 135 Å². The van der Waals surface area contributed by atoms with E-state index in [0.29, 0.717) is 0 Å². The SMILES string of the molecule is COC(=O)c1cc(Oc2cccc(Cl)c2C#N)ccc1[N+](=O)[O-]. The van der Waals surface area contributed by atoms with Gasteiger partial charge in [0.1, 0.15) is 28.7 Å². The van der Waals surface area contributed by atoms with E-state index in [9.17, 15) is 14.9 Å². The van der Waals surface area contributed by atoms with Crippen LogP contribution in [0, 0.1) is 21.4 Å². The summed E-state index contributed by atoms with van der Waals surface area (Å²) < 4.78 is 10.0. The molecule has 8 heteroatoms. The van der Waals surface area contributed by atoms with Crippen LogP contribution in [0.25, 0.3) is 0 Å². The Morgan fingerprint density at radius 1 is 1.35 bits per heavy atom. The van der Waals surface area contributed by atoms with Crippen LogP contribution in [0.4, 0.5) is 5.69 Å². The number of nitro groups is 1. The van der Waals surface area contributed by atoms with Crippen LogP contribution in [0.5, 0.6) is 11.5 Å². The van der Waals surface area contributed by atoms with Gasteiger partial charge in [-0.25, -0.2) is 4.79 Å². The van der Waals surface area contributed by atoms with Crippen LogP contribution in [-0.4, -0.2) is 18.0 Å². The smallest absolute Gasteiger partial charge is 0.345 e. The quantitative estimate of drug-likeness (QED) is 0.480. The van der Waals surface area contributed by atoms with Gasteiger partial charge in [-0.1, -0.05) is 17.7 Å². The second-order valence-electron chi connectivity index (χ2n) is 4.25. The molecule has 0 spiro atoms. The van der Waals surface area contributed by atoms with E-state index in [0.717, 1.165) is 13.2 Å². The van der Waals surface area contributed by atoms with Gasteiger partial charge in [-0.3, -0.25) is 10.1 Å². The standard InChI is InChI=1S/C15H9ClN2O5/c1-22-15(19)10-7-9(5-6-13(10)18(20)21)23-14-4-2-3-12(16)11(14)8-17/h2-7H,1H3. The van der Waals surface area contributed by atoms with E-state index in [1.54, 1.807) is 6.07 Å². The maximum absolute atomic E-state index is 11.7. The van der Waals surface area contributed by atoms with Crippen LogP contribution in [0.15, 0.2) is 36.4 Å². The summed E-state index contributed by atoms with van der Waals surface area (Å²) in [6.07, 6.45) is 0. The van der Waals surface area contributed by atoms with Crippen molar-refractivity contribution in [1.29, 1.82) is 5.26 Å². The molecule has 0 heterocycles. The number of carbonyl (C=O) groups excluding carboxylic acids is 1. The molecule has 2 aromatic rings. The molecule has 0 N–H and O–H groups in total. The van der Waals surface area contributed by atoms with Gasteiger partial charge in [0.15, 0.2) is 0 Å². The van der Waals surface area contributed by atoms with Crippen molar-refractivity contribution >= 4 is 23.3 Å². The second kappa shape index (κ2) is 6.77. The van der Waals surface area contributed by atoms with Crippen LogP contribution >= 0.6 is 11.6 Å². The number of esters is 1. The lowest BCUT2D eigenvalue weighted by Gasteiger charge is -2.09. The van der Waals surface area contributed by atoms with Gasteiger partial charge >= 0.3 is 5.97 Å². The largest absolute Gasteiger partial charge is 0.465 e. The van der Waals surface area contributed by atoms with Gasteiger partial charge in [0.25, 0.3) is 5.69 Å². The van der Waals surface area contributed by atoms with Crippen LogP contribution in [0.2, 0.25) is 5.02 Å². The minimum absolute atomic E-state index is 0.118. The van der Waals surface area contributed by atoms with Crippen LogP contribution in [0.3, 0.4) is 0 Å². The highest BCUT2D eigenvalue weighted by atomic mass is 35.5. The predicted molar refractivity (Wildman–Crippen MR) is 80.7 cm³/mol. The maximum Gasteiger partial charge on any atom is 0.345 e. The number of nitrogens with zero attached hydrogens (tertiary/aromatic N) is 2. The van der Waals surface area contributed by atoms with Crippen molar-refractivity contribution in [3.63, 3.8) is 0 Å². The molecular weight excluding hydrogens is 324 g/mol. The highest BCUT2D eigenvalue weighted by Gasteiger charge is 2.22. The molecule has 116 valence electrons. The third-order valence-electron chi connectivity index (χ3n) is 2.89. The first-order chi connectivity index (χ1) is 11.0. The van der Waals surface area contributed by atoms with E-state index >= 15 is 0 Å². The summed E-state index contributed by atoms with van der Waals surface area (Å²) in [6, 6.07) is 10.1.